The number of amides is 1. The maximum absolute atomic E-state index is 14.4. The number of likely N-dealkylation sites (N-methyl/N-ethyl adjacent to an activating group) is 1. The van der Waals surface area contributed by atoms with Gasteiger partial charge in [-0.15, -0.1) is 0 Å². The Hall–Kier alpha value is -2.05. The van der Waals surface area contributed by atoms with Crippen LogP contribution in [0.25, 0.3) is 0 Å². The first kappa shape index (κ1) is 18.7. The van der Waals surface area contributed by atoms with E-state index in [4.69, 9.17) is 0 Å². The van der Waals surface area contributed by atoms with E-state index in [1.807, 2.05) is 4.90 Å². The van der Waals surface area contributed by atoms with Crippen molar-refractivity contribution >= 4 is 11.7 Å². The first-order chi connectivity index (χ1) is 12.4. The molecule has 26 heavy (non-hydrogen) atoms. The van der Waals surface area contributed by atoms with Crippen molar-refractivity contribution in [1.29, 1.82) is 0 Å². The Labute approximate surface area is 153 Å². The summed E-state index contributed by atoms with van der Waals surface area (Å²) in [6.07, 6.45) is 2.82. The summed E-state index contributed by atoms with van der Waals surface area (Å²) in [7, 11) is 3.29. The van der Waals surface area contributed by atoms with Gasteiger partial charge >= 0.3 is 0 Å². The maximum Gasteiger partial charge on any atom is 0.246 e. The molecule has 1 saturated heterocycles. The Morgan fingerprint density at radius 3 is 2.58 bits per heavy atom. The SMILES string of the molecule is CN(C)C(=O)/C=C1\CN(C(C(=O)C2CC2)c2ccccc2F)CCC1O. The van der Waals surface area contributed by atoms with E-state index in [1.54, 1.807) is 32.3 Å². The van der Waals surface area contributed by atoms with Crippen LogP contribution >= 0.6 is 0 Å². The molecule has 5 nitrogen and oxygen atoms in total. The standard InChI is InChI=1S/C20H25FN2O3/c1-22(2)18(25)11-14-12-23(10-9-17(14)24)19(20(26)13-7-8-13)15-5-3-4-6-16(15)21/h3-6,11,13,17,19,24H,7-10,12H2,1-2H3/b14-11+. The van der Waals surface area contributed by atoms with Gasteiger partial charge in [-0.25, -0.2) is 4.39 Å². The number of carbonyl (C=O) groups excluding carboxylic acids is 2. The van der Waals surface area contributed by atoms with Gasteiger partial charge in [-0.3, -0.25) is 14.5 Å². The fourth-order valence-corrected chi connectivity index (χ4v) is 3.36. The summed E-state index contributed by atoms with van der Waals surface area (Å²) in [6.45, 7) is 0.754. The lowest BCUT2D eigenvalue weighted by Crippen LogP contribution is -2.44. The molecule has 0 spiro atoms. The van der Waals surface area contributed by atoms with Gasteiger partial charge in [-0.05, 0) is 30.9 Å². The van der Waals surface area contributed by atoms with Crippen LogP contribution in [0.15, 0.2) is 35.9 Å². The minimum atomic E-state index is -0.715. The molecule has 1 N–H and O–H groups in total. The van der Waals surface area contributed by atoms with Crippen molar-refractivity contribution in [3.63, 3.8) is 0 Å². The third-order valence-electron chi connectivity index (χ3n) is 5.07. The Morgan fingerprint density at radius 1 is 1.27 bits per heavy atom. The number of benzene rings is 1. The van der Waals surface area contributed by atoms with E-state index in [0.29, 0.717) is 24.1 Å². The van der Waals surface area contributed by atoms with Crippen molar-refractivity contribution in [3.8, 4) is 0 Å². The molecular weight excluding hydrogens is 335 g/mol. The number of aliphatic hydroxyl groups excluding tert-OH is 1. The number of Topliss-reactive ketones (excluding diaryl/α,β-unsaturated/α-hetero) is 1. The molecule has 2 unspecified atom stereocenters. The monoisotopic (exact) mass is 360 g/mol. The molecule has 0 bridgehead atoms. The van der Waals surface area contributed by atoms with Gasteiger partial charge < -0.3 is 10.0 Å². The Balaban J connectivity index is 1.90. The number of hydrogen-bond acceptors (Lipinski definition) is 4. The smallest absolute Gasteiger partial charge is 0.246 e. The quantitative estimate of drug-likeness (QED) is 0.815. The lowest BCUT2D eigenvalue weighted by atomic mass is 9.92. The summed E-state index contributed by atoms with van der Waals surface area (Å²) in [5.74, 6) is -0.587. The average molecular weight is 360 g/mol. The van der Waals surface area contributed by atoms with Crippen molar-refractivity contribution in [2.75, 3.05) is 27.2 Å². The second kappa shape index (κ2) is 7.68. The van der Waals surface area contributed by atoms with Gasteiger partial charge in [0.25, 0.3) is 0 Å². The number of ketones is 1. The average Bonchev–Trinajstić information content (AvgIpc) is 3.44. The van der Waals surface area contributed by atoms with E-state index in [0.717, 1.165) is 12.8 Å². The Kier molecular flexibility index (Phi) is 5.53. The molecule has 3 rings (SSSR count). The molecular formula is C20H25FN2O3. The second-order valence-electron chi connectivity index (χ2n) is 7.33. The molecule has 2 fully saturated rings. The lowest BCUT2D eigenvalue weighted by Gasteiger charge is -2.37. The lowest BCUT2D eigenvalue weighted by molar-refractivity contribution is -0.126. The largest absolute Gasteiger partial charge is 0.389 e. The Morgan fingerprint density at radius 2 is 1.96 bits per heavy atom. The highest BCUT2D eigenvalue weighted by molar-refractivity contribution is 5.90. The van der Waals surface area contributed by atoms with E-state index in [2.05, 4.69) is 0 Å². The van der Waals surface area contributed by atoms with E-state index in [-0.39, 0.29) is 24.2 Å². The number of likely N-dealkylation sites (tertiary alicyclic amines) is 1. The zero-order valence-corrected chi connectivity index (χ0v) is 15.2. The molecule has 0 aromatic heterocycles. The number of nitrogens with zero attached hydrogens (tertiary/aromatic N) is 2. The summed E-state index contributed by atoms with van der Waals surface area (Å²) in [4.78, 5) is 28.2. The number of halogens is 1. The fourth-order valence-electron chi connectivity index (χ4n) is 3.36. The number of aliphatic hydroxyl groups is 1. The molecule has 2 aliphatic rings. The number of hydrogen-bond donors (Lipinski definition) is 1. The molecule has 1 heterocycles. The fraction of sp³-hybridized carbons (Fsp3) is 0.500. The molecule has 1 aromatic carbocycles. The topological polar surface area (TPSA) is 60.9 Å². The van der Waals surface area contributed by atoms with Crippen LogP contribution in [-0.4, -0.2) is 59.9 Å². The zero-order chi connectivity index (χ0) is 18.8. The van der Waals surface area contributed by atoms with Gasteiger partial charge in [0.2, 0.25) is 5.91 Å². The highest BCUT2D eigenvalue weighted by Gasteiger charge is 2.41. The first-order valence-electron chi connectivity index (χ1n) is 9.00. The van der Waals surface area contributed by atoms with Gasteiger partial charge in [0.15, 0.2) is 5.78 Å². The van der Waals surface area contributed by atoms with Crippen molar-refractivity contribution in [1.82, 2.24) is 9.80 Å². The summed E-state index contributed by atoms with van der Waals surface area (Å²) >= 11 is 0. The van der Waals surface area contributed by atoms with Crippen LogP contribution in [-0.2, 0) is 9.59 Å². The highest BCUT2D eigenvalue weighted by Crippen LogP contribution is 2.39. The van der Waals surface area contributed by atoms with E-state index < -0.39 is 18.0 Å². The van der Waals surface area contributed by atoms with Gasteiger partial charge in [0, 0.05) is 44.7 Å². The van der Waals surface area contributed by atoms with Crippen LogP contribution in [0.5, 0.6) is 0 Å². The highest BCUT2D eigenvalue weighted by atomic mass is 19.1. The summed E-state index contributed by atoms with van der Waals surface area (Å²) < 4.78 is 14.4. The van der Waals surface area contributed by atoms with Gasteiger partial charge in [0.1, 0.15) is 5.82 Å². The van der Waals surface area contributed by atoms with Crippen LogP contribution in [0, 0.1) is 11.7 Å². The number of piperidine rings is 1. The van der Waals surface area contributed by atoms with Crippen molar-refractivity contribution in [2.24, 2.45) is 5.92 Å². The van der Waals surface area contributed by atoms with Crippen molar-refractivity contribution < 1.29 is 19.1 Å². The van der Waals surface area contributed by atoms with Crippen LogP contribution in [0.3, 0.4) is 0 Å². The maximum atomic E-state index is 14.4. The van der Waals surface area contributed by atoms with Crippen molar-refractivity contribution in [3.05, 3.63) is 47.3 Å². The van der Waals surface area contributed by atoms with Crippen LogP contribution in [0.4, 0.5) is 4.39 Å². The number of rotatable bonds is 5. The summed E-state index contributed by atoms with van der Waals surface area (Å²) in [5.41, 5.74) is 0.943. The normalized spacial score (nSPS) is 23.7. The molecule has 0 radical (unpaired) electrons. The van der Waals surface area contributed by atoms with Gasteiger partial charge in [-0.1, -0.05) is 18.2 Å². The minimum Gasteiger partial charge on any atom is -0.389 e. The Bertz CT molecular complexity index is 728. The molecule has 1 amide bonds. The van der Waals surface area contributed by atoms with Gasteiger partial charge in [0.05, 0.1) is 12.1 Å². The molecule has 1 aromatic rings. The minimum absolute atomic E-state index is 0.0118. The molecule has 2 atom stereocenters. The third-order valence-corrected chi connectivity index (χ3v) is 5.07. The van der Waals surface area contributed by atoms with E-state index in [1.165, 1.54) is 17.0 Å². The second-order valence-corrected chi connectivity index (χ2v) is 7.33. The summed E-state index contributed by atoms with van der Waals surface area (Å²) in [5, 5.41) is 10.3. The summed E-state index contributed by atoms with van der Waals surface area (Å²) in [6, 6.07) is 5.69. The van der Waals surface area contributed by atoms with E-state index >= 15 is 0 Å². The van der Waals surface area contributed by atoms with Crippen LogP contribution in [0.2, 0.25) is 0 Å². The molecule has 1 saturated carbocycles. The molecule has 6 heteroatoms. The van der Waals surface area contributed by atoms with Crippen LogP contribution in [0.1, 0.15) is 30.9 Å². The molecule has 1 aliphatic carbocycles. The zero-order valence-electron chi connectivity index (χ0n) is 15.2. The first-order valence-corrected chi connectivity index (χ1v) is 9.00. The predicted octanol–water partition coefficient (Wildman–Crippen LogP) is 1.93. The van der Waals surface area contributed by atoms with Crippen molar-refractivity contribution in [2.45, 2.75) is 31.4 Å². The van der Waals surface area contributed by atoms with Gasteiger partial charge in [-0.2, -0.15) is 0 Å². The van der Waals surface area contributed by atoms with Crippen LogP contribution < -0.4 is 0 Å². The third kappa shape index (κ3) is 4.02. The van der Waals surface area contributed by atoms with E-state index in [9.17, 15) is 19.1 Å². The number of carbonyl (C=O) groups is 2. The molecule has 1 aliphatic heterocycles. The molecule has 140 valence electrons. The predicted molar refractivity (Wildman–Crippen MR) is 95.8 cm³/mol.